The molecule has 0 amide bonds. The van der Waals surface area contributed by atoms with E-state index < -0.39 is 12.2 Å². The van der Waals surface area contributed by atoms with Gasteiger partial charge in [-0.15, -0.1) is 0 Å². The van der Waals surface area contributed by atoms with E-state index in [-0.39, 0.29) is 18.8 Å². The van der Waals surface area contributed by atoms with Gasteiger partial charge in [0, 0.05) is 7.11 Å². The van der Waals surface area contributed by atoms with Gasteiger partial charge in [0.1, 0.15) is 18.3 Å². The van der Waals surface area contributed by atoms with E-state index in [0.717, 1.165) is 13.0 Å². The molecule has 0 radical (unpaired) electrons. The molecule has 4 unspecified atom stereocenters. The van der Waals surface area contributed by atoms with Gasteiger partial charge in [0.25, 0.3) is 0 Å². The number of aliphatic hydroxyl groups is 2. The van der Waals surface area contributed by atoms with Crippen LogP contribution < -0.4 is 5.32 Å². The lowest BCUT2D eigenvalue weighted by atomic mass is 10.1. The van der Waals surface area contributed by atoms with Crippen molar-refractivity contribution in [2.45, 2.75) is 50.1 Å². The highest BCUT2D eigenvalue weighted by Gasteiger charge is 2.42. The van der Waals surface area contributed by atoms with Crippen LogP contribution in [0.1, 0.15) is 25.7 Å². The number of hydrogen-bond acceptors (Lipinski definition) is 5. The van der Waals surface area contributed by atoms with Crippen molar-refractivity contribution in [3.8, 4) is 0 Å². The number of allylic oxidation sites excluding steroid dienone is 1. The summed E-state index contributed by atoms with van der Waals surface area (Å²) in [5.41, 5.74) is 0. The van der Waals surface area contributed by atoms with Crippen LogP contribution in [0, 0.1) is 0 Å². The standard InChI is InChI=1S/C14H27NO4/c1-15-9-7-5-3-4-6-8-11-14(18-2)13(17)12(10-16)19-11/h4,6,11-17H,3,5,7-10H2,1-2H3/b6-4+. The molecule has 5 heteroatoms. The molecule has 0 spiro atoms. The Hall–Kier alpha value is -0.460. The van der Waals surface area contributed by atoms with E-state index >= 15 is 0 Å². The molecule has 1 rings (SSSR count). The number of methoxy groups -OCH3 is 1. The fourth-order valence-electron chi connectivity index (χ4n) is 2.36. The molecular weight excluding hydrogens is 246 g/mol. The molecule has 5 nitrogen and oxygen atoms in total. The fourth-order valence-corrected chi connectivity index (χ4v) is 2.36. The first-order valence-electron chi connectivity index (χ1n) is 7.01. The molecule has 0 aromatic rings. The summed E-state index contributed by atoms with van der Waals surface area (Å²) in [4.78, 5) is 0. The highest BCUT2D eigenvalue weighted by Crippen LogP contribution is 2.25. The van der Waals surface area contributed by atoms with Crippen molar-refractivity contribution in [1.82, 2.24) is 5.32 Å². The summed E-state index contributed by atoms with van der Waals surface area (Å²) in [7, 11) is 3.52. The van der Waals surface area contributed by atoms with Crippen LogP contribution >= 0.6 is 0 Å². The van der Waals surface area contributed by atoms with Crippen molar-refractivity contribution >= 4 is 0 Å². The van der Waals surface area contributed by atoms with Gasteiger partial charge in [-0.05, 0) is 39.3 Å². The van der Waals surface area contributed by atoms with E-state index in [2.05, 4.69) is 17.5 Å². The maximum atomic E-state index is 9.88. The van der Waals surface area contributed by atoms with Gasteiger partial charge >= 0.3 is 0 Å². The highest BCUT2D eigenvalue weighted by molar-refractivity contribution is 4.96. The quantitative estimate of drug-likeness (QED) is 0.420. The molecule has 0 aromatic heterocycles. The van der Waals surface area contributed by atoms with Gasteiger partial charge in [0.2, 0.25) is 0 Å². The third-order valence-electron chi connectivity index (χ3n) is 3.47. The number of nitrogens with one attached hydrogen (secondary N) is 1. The van der Waals surface area contributed by atoms with Crippen LogP contribution in [0.3, 0.4) is 0 Å². The summed E-state index contributed by atoms with van der Waals surface area (Å²) in [6.07, 6.45) is 6.51. The first-order valence-corrected chi connectivity index (χ1v) is 7.01. The van der Waals surface area contributed by atoms with Gasteiger partial charge in [-0.25, -0.2) is 0 Å². The largest absolute Gasteiger partial charge is 0.394 e. The molecule has 1 heterocycles. The van der Waals surface area contributed by atoms with Crippen LogP contribution in [0.5, 0.6) is 0 Å². The van der Waals surface area contributed by atoms with Crippen LogP contribution in [0.25, 0.3) is 0 Å². The van der Waals surface area contributed by atoms with E-state index in [1.807, 2.05) is 7.05 Å². The minimum Gasteiger partial charge on any atom is -0.394 e. The molecule has 19 heavy (non-hydrogen) atoms. The third kappa shape index (κ3) is 5.20. The molecule has 4 atom stereocenters. The van der Waals surface area contributed by atoms with Crippen molar-refractivity contribution < 1.29 is 19.7 Å². The average molecular weight is 273 g/mol. The summed E-state index contributed by atoms with van der Waals surface area (Å²) in [5.74, 6) is 0. The van der Waals surface area contributed by atoms with E-state index in [9.17, 15) is 5.11 Å². The normalized spacial score (nSPS) is 31.4. The average Bonchev–Trinajstić information content (AvgIpc) is 2.73. The lowest BCUT2D eigenvalue weighted by molar-refractivity contribution is -0.0210. The zero-order valence-electron chi connectivity index (χ0n) is 11.9. The van der Waals surface area contributed by atoms with Crippen LogP contribution in [-0.4, -0.2) is 61.9 Å². The molecule has 0 saturated carbocycles. The van der Waals surface area contributed by atoms with Gasteiger partial charge in [-0.1, -0.05) is 12.2 Å². The van der Waals surface area contributed by atoms with Crippen molar-refractivity contribution in [2.24, 2.45) is 0 Å². The molecule has 3 N–H and O–H groups in total. The number of rotatable bonds is 9. The molecule has 112 valence electrons. The second kappa shape index (κ2) is 9.44. The molecular formula is C14H27NO4. The van der Waals surface area contributed by atoms with Crippen molar-refractivity contribution in [1.29, 1.82) is 0 Å². The smallest absolute Gasteiger partial charge is 0.112 e. The predicted molar refractivity (Wildman–Crippen MR) is 74.1 cm³/mol. The zero-order valence-corrected chi connectivity index (χ0v) is 11.9. The SMILES string of the molecule is CNCCCC/C=C/CC1OC(CO)C(O)C1OC. The van der Waals surface area contributed by atoms with Crippen LogP contribution in [0.2, 0.25) is 0 Å². The second-order valence-corrected chi connectivity index (χ2v) is 4.89. The predicted octanol–water partition coefficient (Wildman–Crippen LogP) is 0.458. The Morgan fingerprint density at radius 3 is 2.68 bits per heavy atom. The maximum absolute atomic E-state index is 9.88. The third-order valence-corrected chi connectivity index (χ3v) is 3.47. The fraction of sp³-hybridized carbons (Fsp3) is 0.857. The van der Waals surface area contributed by atoms with E-state index in [0.29, 0.717) is 6.42 Å². The molecule has 1 fully saturated rings. The molecule has 0 bridgehead atoms. The van der Waals surface area contributed by atoms with E-state index in [1.165, 1.54) is 12.8 Å². The summed E-state index contributed by atoms with van der Waals surface area (Å²) in [6.45, 7) is 0.876. The topological polar surface area (TPSA) is 71.0 Å². The number of aliphatic hydroxyl groups excluding tert-OH is 2. The minimum atomic E-state index is -0.746. The van der Waals surface area contributed by atoms with Gasteiger partial charge in [-0.2, -0.15) is 0 Å². The maximum Gasteiger partial charge on any atom is 0.112 e. The summed E-state index contributed by atoms with van der Waals surface area (Å²) in [5, 5.41) is 22.1. The molecule has 1 aliphatic rings. The van der Waals surface area contributed by atoms with Crippen molar-refractivity contribution in [3.63, 3.8) is 0 Å². The molecule has 0 aromatic carbocycles. The Morgan fingerprint density at radius 1 is 1.26 bits per heavy atom. The number of hydrogen-bond donors (Lipinski definition) is 3. The molecule has 1 saturated heterocycles. The summed E-state index contributed by atoms with van der Waals surface area (Å²) >= 11 is 0. The Bertz CT molecular complexity index is 260. The Morgan fingerprint density at radius 2 is 2.05 bits per heavy atom. The van der Waals surface area contributed by atoms with Gasteiger partial charge in [0.05, 0.1) is 12.7 Å². The first kappa shape index (κ1) is 16.6. The Labute approximate surface area is 115 Å². The van der Waals surface area contributed by atoms with Gasteiger partial charge < -0.3 is 25.0 Å². The zero-order chi connectivity index (χ0) is 14.1. The Kier molecular flexibility index (Phi) is 8.25. The summed E-state index contributed by atoms with van der Waals surface area (Å²) in [6, 6.07) is 0. The Balaban J connectivity index is 2.26. The van der Waals surface area contributed by atoms with Crippen LogP contribution in [-0.2, 0) is 9.47 Å². The molecule has 1 aliphatic heterocycles. The summed E-state index contributed by atoms with van der Waals surface area (Å²) < 4.78 is 10.8. The molecule has 0 aliphatic carbocycles. The second-order valence-electron chi connectivity index (χ2n) is 4.89. The minimum absolute atomic E-state index is 0.175. The van der Waals surface area contributed by atoms with Crippen LogP contribution in [0.4, 0.5) is 0 Å². The number of unbranched alkanes of at least 4 members (excludes halogenated alkanes) is 2. The van der Waals surface area contributed by atoms with Crippen molar-refractivity contribution in [3.05, 3.63) is 12.2 Å². The van der Waals surface area contributed by atoms with Crippen molar-refractivity contribution in [2.75, 3.05) is 27.3 Å². The first-order chi connectivity index (χ1) is 9.24. The van der Waals surface area contributed by atoms with Gasteiger partial charge in [-0.3, -0.25) is 0 Å². The lowest BCUT2D eigenvalue weighted by Gasteiger charge is -2.17. The number of ether oxygens (including phenoxy) is 2. The van der Waals surface area contributed by atoms with Crippen LogP contribution in [0.15, 0.2) is 12.2 Å². The highest BCUT2D eigenvalue weighted by atomic mass is 16.6. The lowest BCUT2D eigenvalue weighted by Crippen LogP contribution is -2.35. The van der Waals surface area contributed by atoms with E-state index in [4.69, 9.17) is 14.6 Å². The monoisotopic (exact) mass is 273 g/mol. The van der Waals surface area contributed by atoms with E-state index in [1.54, 1.807) is 7.11 Å². The van der Waals surface area contributed by atoms with Gasteiger partial charge in [0.15, 0.2) is 0 Å².